The predicted molar refractivity (Wildman–Crippen MR) is 125 cm³/mol. The van der Waals surface area contributed by atoms with Crippen molar-refractivity contribution in [2.24, 2.45) is 23.7 Å². The van der Waals surface area contributed by atoms with Gasteiger partial charge < -0.3 is 4.74 Å². The van der Waals surface area contributed by atoms with Gasteiger partial charge in [-0.2, -0.15) is 0 Å². The number of fused-ring (bicyclic) bond motifs is 5. The summed E-state index contributed by atoms with van der Waals surface area (Å²) in [4.78, 5) is 53.7. The van der Waals surface area contributed by atoms with Gasteiger partial charge in [0.25, 0.3) is 0 Å². The third-order valence-electron chi connectivity index (χ3n) is 7.53. The Morgan fingerprint density at radius 2 is 1.59 bits per heavy atom. The number of rotatable bonds is 7. The minimum atomic E-state index is -1.10. The highest BCUT2D eigenvalue weighted by atomic mass is 16.5. The van der Waals surface area contributed by atoms with Crippen molar-refractivity contribution in [3.8, 4) is 0 Å². The number of esters is 1. The van der Waals surface area contributed by atoms with Crippen LogP contribution < -0.4 is 0 Å². The summed E-state index contributed by atoms with van der Waals surface area (Å²) in [5.74, 6) is -2.35. The Morgan fingerprint density at radius 1 is 0.941 bits per heavy atom. The molecule has 0 spiro atoms. The average molecular weight is 458 g/mol. The Labute approximate surface area is 198 Å². The third-order valence-corrected chi connectivity index (χ3v) is 7.53. The summed E-state index contributed by atoms with van der Waals surface area (Å²) in [5.41, 5.74) is 3.31. The highest BCUT2D eigenvalue weighted by molar-refractivity contribution is 6.09. The zero-order valence-electron chi connectivity index (χ0n) is 19.3. The number of likely N-dealkylation sites (tertiary alicyclic amines) is 1. The molecule has 3 aliphatic rings. The summed E-state index contributed by atoms with van der Waals surface area (Å²) in [5, 5.41) is 0. The van der Waals surface area contributed by atoms with E-state index in [-0.39, 0.29) is 35.9 Å². The third kappa shape index (κ3) is 3.77. The molecule has 34 heavy (non-hydrogen) atoms. The van der Waals surface area contributed by atoms with Crippen LogP contribution in [0.25, 0.3) is 0 Å². The molecule has 6 heteroatoms. The van der Waals surface area contributed by atoms with Crippen LogP contribution in [0.4, 0.5) is 0 Å². The topological polar surface area (TPSA) is 80.8 Å². The number of ether oxygens (including phenoxy) is 1. The van der Waals surface area contributed by atoms with E-state index in [9.17, 15) is 19.2 Å². The van der Waals surface area contributed by atoms with Crippen molar-refractivity contribution in [1.82, 2.24) is 4.90 Å². The number of nitrogens with zero attached hydrogens (tertiary/aromatic N) is 1. The normalized spacial score (nSPS) is 25.5. The molecule has 2 bridgehead atoms. The molecule has 0 radical (unpaired) electrons. The summed E-state index contributed by atoms with van der Waals surface area (Å²) in [6, 6.07) is 13.5. The van der Waals surface area contributed by atoms with E-state index in [0.717, 1.165) is 28.0 Å². The molecule has 1 saturated heterocycles. The van der Waals surface area contributed by atoms with Crippen LogP contribution in [0.5, 0.6) is 0 Å². The fourth-order valence-electron chi connectivity index (χ4n) is 5.58. The van der Waals surface area contributed by atoms with Crippen molar-refractivity contribution in [2.45, 2.75) is 32.7 Å². The summed E-state index contributed by atoms with van der Waals surface area (Å²) in [6.07, 6.45) is 5.01. The lowest BCUT2D eigenvalue weighted by Gasteiger charge is -2.26. The van der Waals surface area contributed by atoms with E-state index in [1.54, 1.807) is 12.1 Å². The number of hydrogen-bond acceptors (Lipinski definition) is 5. The number of ketones is 1. The molecule has 2 amide bonds. The molecule has 2 aromatic carbocycles. The molecule has 1 heterocycles. The standard InChI is InChI=1S/C28H27NO5/c1-16-8-9-19(12-17(16)2)23(30)15-34-28(33)22(13-18-6-4-3-5-7-18)29-26(31)24-20-10-11-21(14-20)25(24)27(29)32/h3-12,20-22,24-25H,13-15H2,1-2H3/t20-,21-,22-,24-,25+/m0/s1. The smallest absolute Gasteiger partial charge is 0.330 e. The lowest BCUT2D eigenvalue weighted by Crippen LogP contribution is -2.48. The number of allylic oxidation sites excluding steroid dienone is 2. The number of benzene rings is 2. The van der Waals surface area contributed by atoms with Crippen molar-refractivity contribution in [3.63, 3.8) is 0 Å². The molecule has 2 aromatic rings. The maximum atomic E-state index is 13.3. The first-order valence-corrected chi connectivity index (χ1v) is 11.7. The SMILES string of the molecule is Cc1ccc(C(=O)COC(=O)[C@H](Cc2ccccc2)N2C(=O)[C@@H]3[C@H](C2=O)[C@H]2C=C[C@H]3C2)cc1C. The molecule has 0 aromatic heterocycles. The quantitative estimate of drug-likeness (QED) is 0.275. The van der Waals surface area contributed by atoms with Gasteiger partial charge in [-0.1, -0.05) is 54.6 Å². The van der Waals surface area contributed by atoms with Crippen LogP contribution in [0, 0.1) is 37.5 Å². The molecule has 5 atom stereocenters. The summed E-state index contributed by atoms with van der Waals surface area (Å²) < 4.78 is 5.41. The Kier molecular flexibility index (Phi) is 5.68. The van der Waals surface area contributed by atoms with Crippen LogP contribution >= 0.6 is 0 Å². The fraction of sp³-hybridized carbons (Fsp3) is 0.357. The Balaban J connectivity index is 1.36. The van der Waals surface area contributed by atoms with Crippen LogP contribution in [0.1, 0.15) is 33.5 Å². The molecule has 0 unspecified atom stereocenters. The van der Waals surface area contributed by atoms with E-state index in [1.807, 2.05) is 62.4 Å². The number of hydrogen-bond donors (Lipinski definition) is 0. The van der Waals surface area contributed by atoms with E-state index in [1.165, 1.54) is 0 Å². The van der Waals surface area contributed by atoms with E-state index in [0.29, 0.717) is 5.56 Å². The first-order chi connectivity index (χ1) is 16.3. The molecule has 5 rings (SSSR count). The molecular weight excluding hydrogens is 430 g/mol. The maximum absolute atomic E-state index is 13.3. The van der Waals surface area contributed by atoms with Gasteiger partial charge in [-0.3, -0.25) is 19.3 Å². The van der Waals surface area contributed by atoms with Crippen LogP contribution in [-0.4, -0.2) is 41.1 Å². The number of amides is 2. The molecule has 1 aliphatic heterocycles. The lowest BCUT2D eigenvalue weighted by atomic mass is 9.85. The van der Waals surface area contributed by atoms with Crippen molar-refractivity contribution < 1.29 is 23.9 Å². The molecule has 2 aliphatic carbocycles. The minimum Gasteiger partial charge on any atom is -0.456 e. The second kappa shape index (κ2) is 8.67. The number of aryl methyl sites for hydroxylation is 2. The summed E-state index contributed by atoms with van der Waals surface area (Å²) in [7, 11) is 0. The summed E-state index contributed by atoms with van der Waals surface area (Å²) in [6.45, 7) is 3.43. The molecular formula is C28H27NO5. The van der Waals surface area contributed by atoms with Gasteiger partial charge in [0.05, 0.1) is 11.8 Å². The minimum absolute atomic E-state index is 0.0520. The van der Waals surface area contributed by atoms with E-state index in [2.05, 4.69) is 0 Å². The first kappa shape index (κ1) is 22.3. The monoisotopic (exact) mass is 457 g/mol. The van der Waals surface area contributed by atoms with Crippen LogP contribution in [0.2, 0.25) is 0 Å². The molecule has 0 N–H and O–H groups in total. The number of carbonyl (C=O) groups excluding carboxylic acids is 4. The second-order valence-corrected chi connectivity index (χ2v) is 9.58. The second-order valence-electron chi connectivity index (χ2n) is 9.58. The van der Waals surface area contributed by atoms with Gasteiger partial charge in [0.15, 0.2) is 12.4 Å². The van der Waals surface area contributed by atoms with Gasteiger partial charge in [-0.25, -0.2) is 4.79 Å². The molecule has 6 nitrogen and oxygen atoms in total. The van der Waals surface area contributed by atoms with Gasteiger partial charge in [0, 0.05) is 12.0 Å². The van der Waals surface area contributed by atoms with Crippen molar-refractivity contribution in [3.05, 3.63) is 82.9 Å². The van der Waals surface area contributed by atoms with Gasteiger partial charge in [0.2, 0.25) is 11.8 Å². The predicted octanol–water partition coefficient (Wildman–Crippen LogP) is 3.45. The highest BCUT2D eigenvalue weighted by Crippen LogP contribution is 2.53. The Morgan fingerprint density at radius 3 is 2.21 bits per heavy atom. The highest BCUT2D eigenvalue weighted by Gasteiger charge is 2.61. The fourth-order valence-corrected chi connectivity index (χ4v) is 5.58. The zero-order chi connectivity index (χ0) is 24.0. The Bertz CT molecular complexity index is 1170. The number of Topliss-reactive ketones (excluding diaryl/α,β-unsaturated/α-hetero) is 1. The van der Waals surface area contributed by atoms with E-state index >= 15 is 0 Å². The molecule has 2 fully saturated rings. The van der Waals surface area contributed by atoms with Crippen molar-refractivity contribution in [2.75, 3.05) is 6.61 Å². The van der Waals surface area contributed by atoms with Gasteiger partial charge in [-0.05, 0) is 54.9 Å². The van der Waals surface area contributed by atoms with E-state index in [4.69, 9.17) is 4.74 Å². The van der Waals surface area contributed by atoms with Crippen LogP contribution in [0.3, 0.4) is 0 Å². The van der Waals surface area contributed by atoms with Crippen molar-refractivity contribution in [1.29, 1.82) is 0 Å². The maximum Gasteiger partial charge on any atom is 0.330 e. The van der Waals surface area contributed by atoms with Crippen molar-refractivity contribution >= 4 is 23.6 Å². The number of imide groups is 1. The largest absolute Gasteiger partial charge is 0.456 e. The van der Waals surface area contributed by atoms with Gasteiger partial charge in [0.1, 0.15) is 6.04 Å². The zero-order valence-corrected chi connectivity index (χ0v) is 19.3. The van der Waals surface area contributed by atoms with Crippen LogP contribution in [0.15, 0.2) is 60.7 Å². The van der Waals surface area contributed by atoms with Gasteiger partial charge in [-0.15, -0.1) is 0 Å². The number of carbonyl (C=O) groups is 4. The molecule has 1 saturated carbocycles. The average Bonchev–Trinajstić information content (AvgIpc) is 3.52. The van der Waals surface area contributed by atoms with Gasteiger partial charge >= 0.3 is 5.97 Å². The van der Waals surface area contributed by atoms with Crippen LogP contribution in [-0.2, 0) is 25.5 Å². The molecule has 174 valence electrons. The summed E-state index contributed by atoms with van der Waals surface area (Å²) >= 11 is 0. The first-order valence-electron chi connectivity index (χ1n) is 11.7. The lowest BCUT2D eigenvalue weighted by molar-refractivity contribution is -0.158. The van der Waals surface area contributed by atoms with E-state index < -0.39 is 30.5 Å². The Hall–Kier alpha value is -3.54.